The van der Waals surface area contributed by atoms with E-state index in [0.717, 1.165) is 0 Å². The average Bonchev–Trinajstić information content (AvgIpc) is 2.85. The Labute approximate surface area is 94.9 Å². The number of carbonyl (C=O) groups is 1. The first-order chi connectivity index (χ1) is 6.41. The standard InChI is InChI=1S/2C5H5.CH3NO.Fe/c2*1-2-4-5-3-1;2-1-3;/h2*1-5H;1H,(H2,2,3);/q-5;-1;;. The van der Waals surface area contributed by atoms with Gasteiger partial charge in [0.15, 0.2) is 0 Å². The molecule has 0 radical (unpaired) electrons. The first kappa shape index (κ1) is 15.2. The first-order valence-corrected chi connectivity index (χ1v) is 3.90. The monoisotopic (exact) mass is 231 g/mol. The fraction of sp³-hybridized carbons (Fsp3) is 0. The number of primary amides is 1. The van der Waals surface area contributed by atoms with Crippen molar-refractivity contribution in [3.63, 3.8) is 0 Å². The molecule has 0 aliphatic heterocycles. The van der Waals surface area contributed by atoms with Crippen molar-refractivity contribution in [2.45, 2.75) is 0 Å². The minimum atomic E-state index is 0. The maximum atomic E-state index is 8.58. The molecule has 0 fully saturated rings. The summed E-state index contributed by atoms with van der Waals surface area (Å²) in [7, 11) is 0. The average molecular weight is 231 g/mol. The quantitative estimate of drug-likeness (QED) is 0.420. The van der Waals surface area contributed by atoms with Gasteiger partial charge < -0.3 is 36.1 Å². The fourth-order valence-electron chi connectivity index (χ4n) is 0.642. The summed E-state index contributed by atoms with van der Waals surface area (Å²) in [6.07, 6.45) is 0.250. The van der Waals surface area contributed by atoms with Crippen molar-refractivity contribution in [2.24, 2.45) is 5.73 Å². The zero-order valence-electron chi connectivity index (χ0n) is 7.69. The molecule has 0 saturated carbocycles. The third kappa shape index (κ3) is 13.3. The molecule has 2 aromatic rings. The molecule has 2 rings (SSSR count). The maximum Gasteiger partial charge on any atom is 0.204 e. The van der Waals surface area contributed by atoms with Crippen LogP contribution in [-0.2, 0) is 21.9 Å². The second kappa shape index (κ2) is 14.2. The smallest absolute Gasteiger partial charge is 0.204 e. The van der Waals surface area contributed by atoms with E-state index in [2.05, 4.69) is 5.73 Å². The van der Waals surface area contributed by atoms with Crippen LogP contribution in [0.4, 0.5) is 0 Å². The van der Waals surface area contributed by atoms with Crippen LogP contribution in [0.2, 0.25) is 0 Å². The molecule has 3 heteroatoms. The van der Waals surface area contributed by atoms with Crippen molar-refractivity contribution in [3.8, 4) is 0 Å². The molecule has 0 aromatic heterocycles. The van der Waals surface area contributed by atoms with Gasteiger partial charge in [0.05, 0.1) is 0 Å². The minimum absolute atomic E-state index is 0. The van der Waals surface area contributed by atoms with Gasteiger partial charge in [-0.2, -0.15) is 18.2 Å². The van der Waals surface area contributed by atoms with E-state index in [1.807, 2.05) is 60.7 Å². The van der Waals surface area contributed by atoms with Crippen molar-refractivity contribution in [2.75, 3.05) is 0 Å². The Balaban J connectivity index is 0. The molecular formula is C11H13FeNO-6. The van der Waals surface area contributed by atoms with E-state index in [1.165, 1.54) is 0 Å². The Kier molecular flexibility index (Phi) is 15.4. The Morgan fingerprint density at radius 1 is 0.929 bits per heavy atom. The third-order valence-corrected chi connectivity index (χ3v) is 1.11. The molecule has 2 N–H and O–H groups in total. The number of nitrogens with two attached hydrogens (primary N) is 1. The van der Waals surface area contributed by atoms with Gasteiger partial charge in [0.1, 0.15) is 0 Å². The maximum absolute atomic E-state index is 8.58. The molecule has 2 nitrogen and oxygen atoms in total. The summed E-state index contributed by atoms with van der Waals surface area (Å²) in [4.78, 5) is 8.58. The van der Waals surface area contributed by atoms with Crippen molar-refractivity contribution < 1.29 is 21.9 Å². The molecule has 0 heterocycles. The van der Waals surface area contributed by atoms with Crippen molar-refractivity contribution >= 4 is 6.41 Å². The Morgan fingerprint density at radius 3 is 1.36 bits per heavy atom. The third-order valence-electron chi connectivity index (χ3n) is 1.11. The zero-order chi connectivity index (χ0) is 9.78. The molecule has 0 aliphatic carbocycles. The van der Waals surface area contributed by atoms with E-state index in [9.17, 15) is 0 Å². The van der Waals surface area contributed by atoms with Gasteiger partial charge in [-0.05, 0) is 0 Å². The minimum Gasteiger partial charge on any atom is -0.748 e. The number of carbonyl (C=O) groups excluding carboxylic acids is 1. The molecule has 0 bridgehead atoms. The van der Waals surface area contributed by atoms with Crippen LogP contribution < -0.4 is 5.73 Å². The summed E-state index contributed by atoms with van der Waals surface area (Å²) in [5.74, 6) is 0. The van der Waals surface area contributed by atoms with Crippen LogP contribution >= 0.6 is 0 Å². The van der Waals surface area contributed by atoms with Crippen LogP contribution in [0.3, 0.4) is 0 Å². The van der Waals surface area contributed by atoms with Crippen molar-refractivity contribution in [3.05, 3.63) is 60.7 Å². The molecule has 1 amide bonds. The van der Waals surface area contributed by atoms with E-state index in [4.69, 9.17) is 4.79 Å². The van der Waals surface area contributed by atoms with Gasteiger partial charge in [-0.3, -0.25) is 4.79 Å². The molecule has 0 atom stereocenters. The van der Waals surface area contributed by atoms with E-state index >= 15 is 0 Å². The van der Waals surface area contributed by atoms with E-state index in [0.29, 0.717) is 0 Å². The van der Waals surface area contributed by atoms with E-state index in [-0.39, 0.29) is 23.5 Å². The van der Waals surface area contributed by atoms with Crippen molar-refractivity contribution in [1.82, 2.24) is 0 Å². The van der Waals surface area contributed by atoms with Crippen LogP contribution in [0.1, 0.15) is 0 Å². The summed E-state index contributed by atoms with van der Waals surface area (Å²) < 4.78 is 0. The van der Waals surface area contributed by atoms with Gasteiger partial charge in [-0.25, -0.2) is 12.1 Å². The normalized spacial score (nSPS) is 6.57. The van der Waals surface area contributed by atoms with Gasteiger partial charge in [-0.1, -0.05) is 0 Å². The predicted molar refractivity (Wildman–Crippen MR) is 54.3 cm³/mol. The molecular weight excluding hydrogens is 218 g/mol. The summed E-state index contributed by atoms with van der Waals surface area (Å²) in [5.41, 5.74) is 4.17. The van der Waals surface area contributed by atoms with Gasteiger partial charge >= 0.3 is 0 Å². The van der Waals surface area contributed by atoms with Gasteiger partial charge in [0.25, 0.3) is 0 Å². The van der Waals surface area contributed by atoms with Crippen LogP contribution in [-0.4, -0.2) is 6.41 Å². The second-order valence-corrected chi connectivity index (χ2v) is 2.06. The zero-order valence-corrected chi connectivity index (χ0v) is 8.79. The van der Waals surface area contributed by atoms with Gasteiger partial charge in [0, 0.05) is 17.1 Å². The van der Waals surface area contributed by atoms with Crippen LogP contribution in [0.5, 0.6) is 0 Å². The molecule has 82 valence electrons. The largest absolute Gasteiger partial charge is 0.748 e. The SMILES string of the molecule is NC=O.[Fe].[cH-]1[cH-][cH-][cH-][cH-]1.c1cc[cH-]c1. The number of hydrogen-bond donors (Lipinski definition) is 1. The fourth-order valence-corrected chi connectivity index (χ4v) is 0.642. The predicted octanol–water partition coefficient (Wildman–Crippen LogP) is 1.91. The molecule has 0 saturated heterocycles. The number of rotatable bonds is 0. The van der Waals surface area contributed by atoms with E-state index < -0.39 is 0 Å². The Morgan fingerprint density at radius 2 is 1.21 bits per heavy atom. The van der Waals surface area contributed by atoms with E-state index in [1.54, 1.807) is 0 Å². The summed E-state index contributed by atoms with van der Waals surface area (Å²) in [6, 6.07) is 20.0. The Hall–Kier alpha value is -1.31. The topological polar surface area (TPSA) is 43.1 Å². The Bertz CT molecular complexity index is 190. The summed E-state index contributed by atoms with van der Waals surface area (Å²) in [5, 5.41) is 0. The van der Waals surface area contributed by atoms with Gasteiger partial charge in [-0.15, -0.1) is 0 Å². The summed E-state index contributed by atoms with van der Waals surface area (Å²) >= 11 is 0. The van der Waals surface area contributed by atoms with Crippen LogP contribution in [0, 0.1) is 0 Å². The molecule has 2 aromatic carbocycles. The van der Waals surface area contributed by atoms with Crippen LogP contribution in [0.15, 0.2) is 60.7 Å². The van der Waals surface area contributed by atoms with Crippen LogP contribution in [0.25, 0.3) is 0 Å². The molecule has 14 heavy (non-hydrogen) atoms. The number of hydrogen-bond acceptors (Lipinski definition) is 1. The van der Waals surface area contributed by atoms with Gasteiger partial charge in [0.2, 0.25) is 6.41 Å². The molecule has 0 aliphatic rings. The first-order valence-electron chi connectivity index (χ1n) is 3.90. The molecule has 0 unspecified atom stereocenters. The summed E-state index contributed by atoms with van der Waals surface area (Å²) in [6.45, 7) is 0. The molecule has 0 spiro atoms. The number of amides is 1. The second-order valence-electron chi connectivity index (χ2n) is 2.06. The van der Waals surface area contributed by atoms with Crippen molar-refractivity contribution in [1.29, 1.82) is 0 Å².